The minimum atomic E-state index is -5.16. The van der Waals surface area contributed by atoms with E-state index in [4.69, 9.17) is 21.4 Å². The minimum Gasteiger partial charge on any atom is -0.476 e. The van der Waals surface area contributed by atoms with Gasteiger partial charge in [0, 0.05) is 18.0 Å². The van der Waals surface area contributed by atoms with Crippen LogP contribution in [0.15, 0.2) is 54.6 Å². The number of carboxylic acid groups (broad SMARTS) is 1. The van der Waals surface area contributed by atoms with Crippen molar-refractivity contribution in [1.82, 2.24) is 0 Å². The van der Waals surface area contributed by atoms with Gasteiger partial charge in [-0.25, -0.2) is 9.18 Å². The lowest BCUT2D eigenvalue weighted by atomic mass is 9.77. The third-order valence-electron chi connectivity index (χ3n) is 6.93. The topological polar surface area (TPSA) is 96.3 Å². The van der Waals surface area contributed by atoms with Crippen LogP contribution >= 0.6 is 11.6 Å². The molecule has 40 heavy (non-hydrogen) atoms. The summed E-state index contributed by atoms with van der Waals surface area (Å²) in [6, 6.07) is 10.9. The Morgan fingerprint density at radius 3 is 2.27 bits per heavy atom. The van der Waals surface area contributed by atoms with Crippen molar-refractivity contribution in [2.24, 2.45) is 0 Å². The molecule has 1 heterocycles. The number of amides is 1. The average molecular weight is 582 g/mol. The Morgan fingerprint density at radius 2 is 1.70 bits per heavy atom. The number of alkyl halides is 3. The molecule has 12 heteroatoms. The monoisotopic (exact) mass is 581 g/mol. The summed E-state index contributed by atoms with van der Waals surface area (Å²) in [5.41, 5.74) is -4.57. The van der Waals surface area contributed by atoms with E-state index in [0.29, 0.717) is 5.56 Å². The number of halogens is 5. The molecule has 0 saturated carbocycles. The van der Waals surface area contributed by atoms with Gasteiger partial charge >= 0.3 is 12.3 Å². The fourth-order valence-electron chi connectivity index (χ4n) is 4.73. The number of ether oxygens (including phenoxy) is 2. The SMILES string of the molecule is CC(c1ccc(-c2ccc(OC(=O)O)c(F)c2)cc1Cl)C(O)(c1ccc2c(c1)N(C)C(=O)C(C)(C)O2)C(F)(F)F. The van der Waals surface area contributed by atoms with Gasteiger partial charge in [0.1, 0.15) is 5.75 Å². The van der Waals surface area contributed by atoms with Crippen molar-refractivity contribution < 1.29 is 46.8 Å². The van der Waals surface area contributed by atoms with Gasteiger partial charge in [-0.1, -0.05) is 42.8 Å². The summed E-state index contributed by atoms with van der Waals surface area (Å²) in [7, 11) is 1.41. The van der Waals surface area contributed by atoms with Crippen molar-refractivity contribution in [3.8, 4) is 22.6 Å². The molecule has 0 saturated heterocycles. The van der Waals surface area contributed by atoms with E-state index in [2.05, 4.69) is 4.74 Å². The number of carbonyl (C=O) groups excluding carboxylic acids is 1. The van der Waals surface area contributed by atoms with Crippen LogP contribution in [0.25, 0.3) is 11.1 Å². The Balaban J connectivity index is 1.74. The average Bonchev–Trinajstić information content (AvgIpc) is 2.86. The molecular weight excluding hydrogens is 558 g/mol. The maximum atomic E-state index is 14.6. The summed E-state index contributed by atoms with van der Waals surface area (Å²) in [5.74, 6) is -3.41. The second-order valence-corrected chi connectivity index (χ2v) is 10.3. The summed E-state index contributed by atoms with van der Waals surface area (Å²) in [5, 5.41) is 19.9. The van der Waals surface area contributed by atoms with Crippen LogP contribution < -0.4 is 14.4 Å². The van der Waals surface area contributed by atoms with Crippen LogP contribution in [0.1, 0.15) is 37.8 Å². The summed E-state index contributed by atoms with van der Waals surface area (Å²) in [6.45, 7) is 4.24. The molecule has 2 N–H and O–H groups in total. The molecule has 212 valence electrons. The fourth-order valence-corrected chi connectivity index (χ4v) is 5.08. The summed E-state index contributed by atoms with van der Waals surface area (Å²) >= 11 is 6.40. The second kappa shape index (κ2) is 9.97. The van der Waals surface area contributed by atoms with Crippen LogP contribution in [0.2, 0.25) is 5.02 Å². The van der Waals surface area contributed by atoms with Crippen LogP contribution in [0.3, 0.4) is 0 Å². The largest absolute Gasteiger partial charge is 0.511 e. The lowest BCUT2D eigenvalue weighted by Crippen LogP contribution is -2.51. The van der Waals surface area contributed by atoms with Gasteiger partial charge in [0.2, 0.25) is 0 Å². The molecule has 3 aromatic carbocycles. The van der Waals surface area contributed by atoms with E-state index in [0.717, 1.165) is 24.3 Å². The first-order valence-corrected chi connectivity index (χ1v) is 12.3. The molecule has 0 aromatic heterocycles. The number of hydrogen-bond donors (Lipinski definition) is 2. The second-order valence-electron chi connectivity index (χ2n) is 9.89. The van der Waals surface area contributed by atoms with E-state index < -0.39 is 52.5 Å². The molecule has 2 atom stereocenters. The Labute approximate surface area is 231 Å². The minimum absolute atomic E-state index is 0.0453. The standard InChI is InChI=1S/C28H24ClF4NO6/c1-14(18-8-5-15(11-19(18)29)16-6-9-22(20(30)12-16)39-25(36)37)27(38,28(31,32)33)17-7-10-23-21(13-17)34(4)24(35)26(2,3)40-23/h5-14,38H,1-4H3,(H,36,37). The molecule has 7 nitrogen and oxygen atoms in total. The van der Waals surface area contributed by atoms with Crippen molar-refractivity contribution in [2.75, 3.05) is 11.9 Å². The first-order chi connectivity index (χ1) is 18.5. The molecule has 0 spiro atoms. The van der Waals surface area contributed by atoms with E-state index in [1.54, 1.807) is 0 Å². The number of aliphatic hydroxyl groups is 1. The molecule has 3 aromatic rings. The predicted octanol–water partition coefficient (Wildman–Crippen LogP) is 6.89. The summed E-state index contributed by atoms with van der Waals surface area (Å²) in [4.78, 5) is 24.5. The molecular formula is C28H24ClF4NO6. The van der Waals surface area contributed by atoms with Crippen LogP contribution in [0.4, 0.5) is 28.0 Å². The third kappa shape index (κ3) is 4.95. The van der Waals surface area contributed by atoms with Crippen LogP contribution in [-0.2, 0) is 10.4 Å². The number of rotatable bonds is 5. The van der Waals surface area contributed by atoms with E-state index >= 15 is 0 Å². The quantitative estimate of drug-likeness (QED) is 0.193. The normalized spacial score (nSPS) is 16.9. The Bertz CT molecular complexity index is 1510. The van der Waals surface area contributed by atoms with Gasteiger partial charge in [0.25, 0.3) is 5.91 Å². The van der Waals surface area contributed by atoms with Gasteiger partial charge in [-0.2, -0.15) is 13.2 Å². The zero-order chi connectivity index (χ0) is 29.8. The lowest BCUT2D eigenvalue weighted by molar-refractivity contribution is -0.274. The number of anilines is 1. The number of fused-ring (bicyclic) bond motifs is 1. The maximum absolute atomic E-state index is 14.6. The van der Waals surface area contributed by atoms with Crippen molar-refractivity contribution in [3.63, 3.8) is 0 Å². The highest BCUT2D eigenvalue weighted by Crippen LogP contribution is 2.52. The van der Waals surface area contributed by atoms with Crippen LogP contribution in [-0.4, -0.2) is 41.1 Å². The Hall–Kier alpha value is -3.83. The highest BCUT2D eigenvalue weighted by molar-refractivity contribution is 6.31. The molecule has 0 aliphatic carbocycles. The Morgan fingerprint density at radius 1 is 1.07 bits per heavy atom. The molecule has 1 aliphatic rings. The van der Waals surface area contributed by atoms with E-state index in [1.165, 1.54) is 63.1 Å². The zero-order valence-electron chi connectivity index (χ0n) is 21.6. The highest BCUT2D eigenvalue weighted by atomic mass is 35.5. The van der Waals surface area contributed by atoms with Gasteiger partial charge in [0.05, 0.1) is 5.69 Å². The summed E-state index contributed by atoms with van der Waals surface area (Å²) in [6.07, 6.45) is -6.86. The zero-order valence-corrected chi connectivity index (χ0v) is 22.4. The Kier molecular flexibility index (Phi) is 7.27. The van der Waals surface area contributed by atoms with Crippen LogP contribution in [0.5, 0.6) is 11.5 Å². The number of hydrogen-bond acceptors (Lipinski definition) is 5. The molecule has 0 bridgehead atoms. The molecule has 1 aliphatic heterocycles. The van der Waals surface area contributed by atoms with Gasteiger partial charge in [-0.3, -0.25) is 4.79 Å². The number of benzene rings is 3. The van der Waals surface area contributed by atoms with Crippen molar-refractivity contribution in [2.45, 2.75) is 44.1 Å². The van der Waals surface area contributed by atoms with Gasteiger partial charge < -0.3 is 24.6 Å². The first-order valence-electron chi connectivity index (χ1n) is 11.9. The lowest BCUT2D eigenvalue weighted by Gasteiger charge is -2.40. The van der Waals surface area contributed by atoms with E-state index in [9.17, 15) is 32.3 Å². The smallest absolute Gasteiger partial charge is 0.476 e. The van der Waals surface area contributed by atoms with E-state index in [-0.39, 0.29) is 27.6 Å². The third-order valence-corrected chi connectivity index (χ3v) is 7.26. The van der Waals surface area contributed by atoms with E-state index in [1.807, 2.05) is 0 Å². The number of nitrogens with zero attached hydrogens (tertiary/aromatic N) is 1. The number of carbonyl (C=O) groups is 2. The molecule has 4 rings (SSSR count). The molecule has 0 radical (unpaired) electrons. The maximum Gasteiger partial charge on any atom is 0.511 e. The van der Waals surface area contributed by atoms with Gasteiger partial charge in [-0.15, -0.1) is 0 Å². The first kappa shape index (κ1) is 29.2. The van der Waals surface area contributed by atoms with Crippen molar-refractivity contribution in [1.29, 1.82) is 0 Å². The van der Waals surface area contributed by atoms with Crippen molar-refractivity contribution in [3.05, 3.63) is 76.6 Å². The van der Waals surface area contributed by atoms with Crippen LogP contribution in [0, 0.1) is 5.82 Å². The summed E-state index contributed by atoms with van der Waals surface area (Å²) < 4.78 is 68.1. The molecule has 1 amide bonds. The highest BCUT2D eigenvalue weighted by Gasteiger charge is 2.59. The molecule has 2 unspecified atom stereocenters. The van der Waals surface area contributed by atoms with Gasteiger partial charge in [0.15, 0.2) is 22.8 Å². The van der Waals surface area contributed by atoms with Gasteiger partial charge in [-0.05, 0) is 66.4 Å². The fraction of sp³-hybridized carbons (Fsp3) is 0.286. The van der Waals surface area contributed by atoms with Crippen molar-refractivity contribution >= 4 is 29.4 Å². The predicted molar refractivity (Wildman–Crippen MR) is 138 cm³/mol. The number of likely N-dealkylation sites (N-methyl/N-ethyl adjacent to an activating group) is 1. The molecule has 0 fully saturated rings.